The molecule has 1 aromatic heterocycles. The molecule has 33 heavy (non-hydrogen) atoms. The maximum Gasteiger partial charge on any atom is 0.277 e. The van der Waals surface area contributed by atoms with Crippen LogP contribution in [-0.4, -0.2) is 47.7 Å². The van der Waals surface area contributed by atoms with E-state index >= 15 is 0 Å². The molecule has 0 aliphatic carbocycles. The van der Waals surface area contributed by atoms with Gasteiger partial charge in [0.2, 0.25) is 21.8 Å². The zero-order valence-electron chi connectivity index (χ0n) is 18.5. The quantitative estimate of drug-likeness (QED) is 0.471. The summed E-state index contributed by atoms with van der Waals surface area (Å²) in [7, 11) is -3.47. The van der Waals surface area contributed by atoms with Crippen molar-refractivity contribution in [2.24, 2.45) is 0 Å². The minimum absolute atomic E-state index is 0.126. The van der Waals surface area contributed by atoms with E-state index < -0.39 is 10.0 Å². The van der Waals surface area contributed by atoms with Crippen molar-refractivity contribution in [2.45, 2.75) is 42.7 Å². The molecule has 0 radical (unpaired) electrons. The first-order valence-electron chi connectivity index (χ1n) is 10.8. The predicted molar refractivity (Wildman–Crippen MR) is 128 cm³/mol. The third-order valence-electron chi connectivity index (χ3n) is 5.40. The molecule has 1 aliphatic heterocycles. The van der Waals surface area contributed by atoms with Gasteiger partial charge in [0.15, 0.2) is 0 Å². The lowest BCUT2D eigenvalue weighted by Gasteiger charge is -2.15. The number of amides is 1. The maximum absolute atomic E-state index is 12.6. The Morgan fingerprint density at radius 1 is 1.06 bits per heavy atom. The van der Waals surface area contributed by atoms with E-state index in [0.29, 0.717) is 24.6 Å². The van der Waals surface area contributed by atoms with Crippen LogP contribution in [0.15, 0.2) is 63.1 Å². The standard InChI is InChI=1S/C23H26N4O4S2/c1-16(2)17-5-9-19(10-6-17)24-21(28)15-32-23-26-25-22(31-23)18-7-11-20(12-8-18)33(29,30)27-13-3-4-14-27/h5-12,16H,3-4,13-15H2,1-2H3,(H,24,28). The second-order valence-electron chi connectivity index (χ2n) is 8.12. The highest BCUT2D eigenvalue weighted by atomic mass is 32.2. The van der Waals surface area contributed by atoms with Crippen LogP contribution in [0.3, 0.4) is 0 Å². The summed E-state index contributed by atoms with van der Waals surface area (Å²) in [4.78, 5) is 12.5. The first-order chi connectivity index (χ1) is 15.8. The molecule has 2 aromatic carbocycles. The van der Waals surface area contributed by atoms with Crippen LogP contribution in [0.25, 0.3) is 11.5 Å². The lowest BCUT2D eigenvalue weighted by Crippen LogP contribution is -2.27. The topological polar surface area (TPSA) is 105 Å². The minimum Gasteiger partial charge on any atom is -0.411 e. The van der Waals surface area contributed by atoms with Gasteiger partial charge in [-0.05, 0) is 60.7 Å². The molecule has 1 aliphatic rings. The monoisotopic (exact) mass is 486 g/mol. The molecule has 1 saturated heterocycles. The van der Waals surface area contributed by atoms with E-state index in [0.717, 1.165) is 30.3 Å². The Labute approximate surface area is 197 Å². The van der Waals surface area contributed by atoms with E-state index in [1.54, 1.807) is 24.3 Å². The molecule has 2 heterocycles. The number of hydrogen-bond donors (Lipinski definition) is 1. The van der Waals surface area contributed by atoms with Gasteiger partial charge >= 0.3 is 0 Å². The Morgan fingerprint density at radius 2 is 1.73 bits per heavy atom. The Bertz CT molecular complexity index is 1200. The van der Waals surface area contributed by atoms with Gasteiger partial charge in [0.25, 0.3) is 5.22 Å². The lowest BCUT2D eigenvalue weighted by atomic mass is 10.0. The summed E-state index contributed by atoms with van der Waals surface area (Å²) in [5.41, 5.74) is 2.56. The van der Waals surface area contributed by atoms with Gasteiger partial charge in [-0.3, -0.25) is 4.79 Å². The van der Waals surface area contributed by atoms with Gasteiger partial charge in [0.1, 0.15) is 0 Å². The van der Waals surface area contributed by atoms with E-state index in [1.165, 1.54) is 9.87 Å². The summed E-state index contributed by atoms with van der Waals surface area (Å²) >= 11 is 1.14. The van der Waals surface area contributed by atoms with Crippen molar-refractivity contribution in [3.8, 4) is 11.5 Å². The third kappa shape index (κ3) is 5.63. The second-order valence-corrected chi connectivity index (χ2v) is 11.0. The minimum atomic E-state index is -3.47. The average molecular weight is 487 g/mol. The molecule has 0 atom stereocenters. The van der Waals surface area contributed by atoms with Gasteiger partial charge in [-0.15, -0.1) is 10.2 Å². The highest BCUT2D eigenvalue weighted by Crippen LogP contribution is 2.26. The summed E-state index contributed by atoms with van der Waals surface area (Å²) in [6.45, 7) is 5.36. The fourth-order valence-electron chi connectivity index (χ4n) is 3.51. The van der Waals surface area contributed by atoms with Crippen molar-refractivity contribution in [1.82, 2.24) is 14.5 Å². The number of aromatic nitrogens is 2. The van der Waals surface area contributed by atoms with Crippen molar-refractivity contribution < 1.29 is 17.6 Å². The number of nitrogens with one attached hydrogen (secondary N) is 1. The van der Waals surface area contributed by atoms with Crippen molar-refractivity contribution in [3.05, 3.63) is 54.1 Å². The molecular formula is C23H26N4O4S2. The molecule has 4 rings (SSSR count). The molecule has 10 heteroatoms. The number of sulfonamides is 1. The van der Waals surface area contributed by atoms with Crippen LogP contribution in [-0.2, 0) is 14.8 Å². The molecule has 174 valence electrons. The lowest BCUT2D eigenvalue weighted by molar-refractivity contribution is -0.113. The molecule has 0 spiro atoms. The maximum atomic E-state index is 12.6. The molecular weight excluding hydrogens is 460 g/mol. The zero-order valence-corrected chi connectivity index (χ0v) is 20.2. The normalized spacial score (nSPS) is 14.6. The predicted octanol–water partition coefficient (Wildman–Crippen LogP) is 4.38. The number of nitrogens with zero attached hydrogens (tertiary/aromatic N) is 3. The van der Waals surface area contributed by atoms with Crippen molar-refractivity contribution >= 4 is 33.4 Å². The van der Waals surface area contributed by atoms with Gasteiger partial charge in [-0.2, -0.15) is 4.31 Å². The Kier molecular flexibility index (Phi) is 7.16. The number of carbonyl (C=O) groups excluding carboxylic acids is 1. The van der Waals surface area contributed by atoms with Gasteiger partial charge in [-0.25, -0.2) is 8.42 Å². The second kappa shape index (κ2) is 10.1. The third-order valence-corrected chi connectivity index (χ3v) is 8.13. The number of benzene rings is 2. The fraction of sp³-hybridized carbons (Fsp3) is 0.348. The molecule has 1 fully saturated rings. The Morgan fingerprint density at radius 3 is 2.36 bits per heavy atom. The molecule has 1 N–H and O–H groups in total. The highest BCUT2D eigenvalue weighted by molar-refractivity contribution is 7.99. The number of rotatable bonds is 8. The molecule has 3 aromatic rings. The van der Waals surface area contributed by atoms with Crippen LogP contribution in [0.2, 0.25) is 0 Å². The first kappa shape index (κ1) is 23.5. The summed E-state index contributed by atoms with van der Waals surface area (Å²) in [6.07, 6.45) is 1.78. The van der Waals surface area contributed by atoms with E-state index in [9.17, 15) is 13.2 Å². The molecule has 0 bridgehead atoms. The molecule has 1 amide bonds. The summed E-state index contributed by atoms with van der Waals surface area (Å²) in [5.74, 6) is 0.657. The largest absolute Gasteiger partial charge is 0.411 e. The van der Waals surface area contributed by atoms with E-state index in [4.69, 9.17) is 4.42 Å². The van der Waals surface area contributed by atoms with E-state index in [-0.39, 0.29) is 27.7 Å². The molecule has 0 unspecified atom stereocenters. The van der Waals surface area contributed by atoms with Crippen molar-refractivity contribution in [1.29, 1.82) is 0 Å². The van der Waals surface area contributed by atoms with Crippen molar-refractivity contribution in [2.75, 3.05) is 24.2 Å². The highest BCUT2D eigenvalue weighted by Gasteiger charge is 2.27. The van der Waals surface area contributed by atoms with E-state index in [1.807, 2.05) is 24.3 Å². The van der Waals surface area contributed by atoms with Crippen LogP contribution in [0.4, 0.5) is 5.69 Å². The SMILES string of the molecule is CC(C)c1ccc(NC(=O)CSc2nnc(-c3ccc(S(=O)(=O)N4CCCC4)cc3)o2)cc1. The average Bonchev–Trinajstić information content (AvgIpc) is 3.51. The first-order valence-corrected chi connectivity index (χ1v) is 13.2. The van der Waals surface area contributed by atoms with Crippen molar-refractivity contribution in [3.63, 3.8) is 0 Å². The Hall–Kier alpha value is -2.69. The van der Waals surface area contributed by atoms with Crippen LogP contribution < -0.4 is 5.32 Å². The fourth-order valence-corrected chi connectivity index (χ4v) is 5.59. The van der Waals surface area contributed by atoms with E-state index in [2.05, 4.69) is 29.4 Å². The Balaban J connectivity index is 1.33. The number of anilines is 1. The molecule has 0 saturated carbocycles. The zero-order chi connectivity index (χ0) is 23.4. The summed E-state index contributed by atoms with van der Waals surface area (Å²) in [5, 5.41) is 11.1. The number of hydrogen-bond acceptors (Lipinski definition) is 7. The summed E-state index contributed by atoms with van der Waals surface area (Å²) < 4.78 is 32.4. The van der Waals surface area contributed by atoms with Gasteiger partial charge in [0.05, 0.1) is 10.6 Å². The van der Waals surface area contributed by atoms with Crippen LogP contribution >= 0.6 is 11.8 Å². The molecule has 8 nitrogen and oxygen atoms in total. The van der Waals surface area contributed by atoms with Gasteiger partial charge in [-0.1, -0.05) is 37.7 Å². The van der Waals surface area contributed by atoms with Gasteiger partial charge in [0, 0.05) is 24.3 Å². The van der Waals surface area contributed by atoms with Gasteiger partial charge < -0.3 is 9.73 Å². The van der Waals surface area contributed by atoms with Crippen LogP contribution in [0.5, 0.6) is 0 Å². The number of carbonyl (C=O) groups is 1. The van der Waals surface area contributed by atoms with Crippen LogP contribution in [0.1, 0.15) is 38.2 Å². The smallest absolute Gasteiger partial charge is 0.277 e. The summed E-state index contributed by atoms with van der Waals surface area (Å²) in [6, 6.07) is 14.2. The van der Waals surface area contributed by atoms with Crippen LogP contribution in [0, 0.1) is 0 Å². The number of thioether (sulfide) groups is 1.